The fourth-order valence-electron chi connectivity index (χ4n) is 4.23. The number of anilines is 2. The molecule has 8 nitrogen and oxygen atoms in total. The first-order chi connectivity index (χ1) is 17.8. The molecule has 37 heavy (non-hydrogen) atoms. The fraction of sp³-hybridized carbons (Fsp3) is 0.172. The van der Waals surface area contributed by atoms with E-state index in [0.717, 1.165) is 22.3 Å². The van der Waals surface area contributed by atoms with Crippen molar-refractivity contribution < 1.29 is 14.3 Å². The zero-order valence-electron chi connectivity index (χ0n) is 21.0. The van der Waals surface area contributed by atoms with Gasteiger partial charge in [-0.2, -0.15) is 10.5 Å². The average molecular weight is 492 g/mol. The number of hydrogen-bond donors (Lipinski definition) is 2. The Morgan fingerprint density at radius 2 is 1.81 bits per heavy atom. The minimum Gasteiger partial charge on any atom is -0.493 e. The molecule has 3 aromatic rings. The Labute approximate surface area is 215 Å². The highest BCUT2D eigenvalue weighted by atomic mass is 16.5. The van der Waals surface area contributed by atoms with Crippen LogP contribution >= 0.6 is 0 Å². The van der Waals surface area contributed by atoms with Crippen LogP contribution in [-0.4, -0.2) is 24.6 Å². The number of nitrogens with two attached hydrogens (primary N) is 1. The first kappa shape index (κ1) is 25.0. The van der Waals surface area contributed by atoms with Gasteiger partial charge in [0, 0.05) is 11.3 Å². The van der Waals surface area contributed by atoms with Crippen LogP contribution in [0.4, 0.5) is 11.5 Å². The molecule has 0 aliphatic heterocycles. The van der Waals surface area contributed by atoms with Crippen LogP contribution < -0.4 is 20.5 Å². The number of methoxy groups -OCH3 is 1. The van der Waals surface area contributed by atoms with Crippen molar-refractivity contribution in [3.05, 3.63) is 81.5 Å². The monoisotopic (exact) mass is 491 g/mol. The Balaban J connectivity index is 1.61. The molecule has 184 valence electrons. The Morgan fingerprint density at radius 3 is 2.46 bits per heavy atom. The third-order valence-electron chi connectivity index (χ3n) is 6.18. The molecule has 0 unspecified atom stereocenters. The van der Waals surface area contributed by atoms with Gasteiger partial charge >= 0.3 is 0 Å². The van der Waals surface area contributed by atoms with Gasteiger partial charge in [-0.15, -0.1) is 0 Å². The highest BCUT2D eigenvalue weighted by Gasteiger charge is 2.29. The van der Waals surface area contributed by atoms with E-state index < -0.39 is 0 Å². The molecule has 0 saturated heterocycles. The quantitative estimate of drug-likeness (QED) is 0.494. The standard InChI is InChI=1S/C29H25N5O3/c1-16-5-8-20(9-6-16)33-26(35)15-37-24-10-7-19(12-25(24)36-4)11-21-17(2)22(13-30)28-27(21)18(3)23(14-31)29(32)34-28/h5-12H,15H2,1-4H3,(H2,32,34)(H,33,35)/b21-11+. The highest BCUT2D eigenvalue weighted by Crippen LogP contribution is 2.44. The maximum Gasteiger partial charge on any atom is 0.262 e. The number of hydrogen-bond acceptors (Lipinski definition) is 7. The van der Waals surface area contributed by atoms with E-state index in [1.807, 2.05) is 50.3 Å². The lowest BCUT2D eigenvalue weighted by Gasteiger charge is -2.13. The number of nitrogens with zero attached hydrogens (tertiary/aromatic N) is 3. The number of amides is 1. The molecule has 0 spiro atoms. The maximum atomic E-state index is 12.3. The lowest BCUT2D eigenvalue weighted by Crippen LogP contribution is -2.20. The number of aromatic nitrogens is 1. The molecule has 2 aromatic carbocycles. The van der Waals surface area contributed by atoms with E-state index in [4.69, 9.17) is 15.2 Å². The third-order valence-corrected chi connectivity index (χ3v) is 6.18. The number of nitrogen functional groups attached to an aromatic ring is 1. The highest BCUT2D eigenvalue weighted by molar-refractivity contribution is 6.08. The second kappa shape index (κ2) is 10.3. The van der Waals surface area contributed by atoms with E-state index in [0.29, 0.717) is 45.1 Å². The predicted octanol–water partition coefficient (Wildman–Crippen LogP) is 5.03. The van der Waals surface area contributed by atoms with Crippen molar-refractivity contribution in [2.75, 3.05) is 24.8 Å². The summed E-state index contributed by atoms with van der Waals surface area (Å²) in [6.45, 7) is 5.43. The van der Waals surface area contributed by atoms with E-state index in [1.165, 1.54) is 7.11 Å². The minimum absolute atomic E-state index is 0.107. The number of aryl methyl sites for hydroxylation is 1. The largest absolute Gasteiger partial charge is 0.493 e. The number of nitriles is 2. The Bertz CT molecular complexity index is 1550. The average Bonchev–Trinajstić information content (AvgIpc) is 3.14. The smallest absolute Gasteiger partial charge is 0.262 e. The van der Waals surface area contributed by atoms with Gasteiger partial charge in [0.1, 0.15) is 18.0 Å². The molecular weight excluding hydrogens is 466 g/mol. The van der Waals surface area contributed by atoms with Crippen molar-refractivity contribution >= 4 is 34.6 Å². The summed E-state index contributed by atoms with van der Waals surface area (Å²) < 4.78 is 11.2. The van der Waals surface area contributed by atoms with Gasteiger partial charge in [0.15, 0.2) is 18.1 Å². The summed E-state index contributed by atoms with van der Waals surface area (Å²) >= 11 is 0. The van der Waals surface area contributed by atoms with Gasteiger partial charge in [-0.3, -0.25) is 4.79 Å². The Morgan fingerprint density at radius 1 is 1.08 bits per heavy atom. The summed E-state index contributed by atoms with van der Waals surface area (Å²) in [5.41, 5.74) is 12.7. The molecule has 1 aliphatic carbocycles. The van der Waals surface area contributed by atoms with Crippen LogP contribution in [0.5, 0.6) is 11.5 Å². The summed E-state index contributed by atoms with van der Waals surface area (Å²) in [7, 11) is 1.52. The molecule has 0 bridgehead atoms. The van der Waals surface area contributed by atoms with Crippen molar-refractivity contribution in [1.82, 2.24) is 4.98 Å². The second-order valence-corrected chi connectivity index (χ2v) is 8.62. The normalized spacial score (nSPS) is 13.1. The van der Waals surface area contributed by atoms with Crippen LogP contribution in [0.2, 0.25) is 0 Å². The molecular formula is C29H25N5O3. The van der Waals surface area contributed by atoms with Crippen LogP contribution in [0, 0.1) is 36.5 Å². The minimum atomic E-state index is -0.292. The number of carbonyl (C=O) groups excluding carboxylic acids is 1. The number of fused-ring (bicyclic) bond motifs is 1. The van der Waals surface area contributed by atoms with Crippen molar-refractivity contribution in [2.24, 2.45) is 0 Å². The van der Waals surface area contributed by atoms with E-state index in [-0.39, 0.29) is 18.3 Å². The summed E-state index contributed by atoms with van der Waals surface area (Å²) in [4.78, 5) is 16.7. The zero-order valence-corrected chi connectivity index (χ0v) is 21.0. The topological polar surface area (TPSA) is 134 Å². The first-order valence-corrected chi connectivity index (χ1v) is 11.5. The molecule has 3 N–H and O–H groups in total. The number of nitrogens with one attached hydrogen (secondary N) is 1. The molecule has 1 heterocycles. The Kier molecular flexibility index (Phi) is 6.95. The lowest BCUT2D eigenvalue weighted by molar-refractivity contribution is -0.118. The van der Waals surface area contributed by atoms with Crippen molar-refractivity contribution in [2.45, 2.75) is 20.8 Å². The van der Waals surface area contributed by atoms with E-state index in [2.05, 4.69) is 22.4 Å². The molecule has 1 aliphatic rings. The number of carbonyl (C=O) groups is 1. The molecule has 4 rings (SSSR count). The van der Waals surface area contributed by atoms with Gasteiger partial charge in [-0.1, -0.05) is 23.8 Å². The van der Waals surface area contributed by atoms with E-state index >= 15 is 0 Å². The van der Waals surface area contributed by atoms with Crippen molar-refractivity contribution in [1.29, 1.82) is 10.5 Å². The number of allylic oxidation sites excluding steroid dienone is 3. The number of rotatable bonds is 6. The number of benzene rings is 2. The van der Waals surface area contributed by atoms with Gasteiger partial charge in [-0.25, -0.2) is 4.98 Å². The summed E-state index contributed by atoms with van der Waals surface area (Å²) in [6, 6.07) is 17.1. The van der Waals surface area contributed by atoms with Gasteiger partial charge < -0.3 is 20.5 Å². The van der Waals surface area contributed by atoms with E-state index in [9.17, 15) is 15.3 Å². The molecule has 0 radical (unpaired) electrons. The van der Waals surface area contributed by atoms with Crippen LogP contribution in [0.15, 0.2) is 48.0 Å². The number of ether oxygens (including phenoxy) is 2. The van der Waals surface area contributed by atoms with Crippen molar-refractivity contribution in [3.63, 3.8) is 0 Å². The van der Waals surface area contributed by atoms with Gasteiger partial charge in [0.05, 0.1) is 23.9 Å². The summed E-state index contributed by atoms with van der Waals surface area (Å²) in [5, 5.41) is 22.1. The zero-order chi connectivity index (χ0) is 26.7. The fourth-order valence-corrected chi connectivity index (χ4v) is 4.23. The first-order valence-electron chi connectivity index (χ1n) is 11.5. The predicted molar refractivity (Wildman–Crippen MR) is 142 cm³/mol. The number of pyridine rings is 1. The van der Waals surface area contributed by atoms with Gasteiger partial charge in [0.25, 0.3) is 5.91 Å². The van der Waals surface area contributed by atoms with Crippen molar-refractivity contribution in [3.8, 4) is 23.6 Å². The molecule has 0 atom stereocenters. The third kappa shape index (κ3) is 4.86. The second-order valence-electron chi connectivity index (χ2n) is 8.62. The SMILES string of the molecule is COc1cc(/C=C2\C(C)=C(C#N)c3nc(N)c(C#N)c(C)c32)ccc1OCC(=O)Nc1ccc(C)cc1. The Hall–Kier alpha value is -5.08. The lowest BCUT2D eigenvalue weighted by atomic mass is 9.95. The van der Waals surface area contributed by atoms with Crippen LogP contribution in [0.1, 0.15) is 40.4 Å². The van der Waals surface area contributed by atoms with Crippen LogP contribution in [-0.2, 0) is 4.79 Å². The molecule has 1 aromatic heterocycles. The summed E-state index contributed by atoms with van der Waals surface area (Å²) in [5.74, 6) is 0.677. The van der Waals surface area contributed by atoms with Gasteiger partial charge in [-0.05, 0) is 73.4 Å². The molecule has 1 amide bonds. The molecule has 8 heteroatoms. The van der Waals surface area contributed by atoms with Crippen LogP contribution in [0.3, 0.4) is 0 Å². The maximum absolute atomic E-state index is 12.3. The summed E-state index contributed by atoms with van der Waals surface area (Å²) in [6.07, 6.45) is 1.90. The van der Waals surface area contributed by atoms with E-state index in [1.54, 1.807) is 19.1 Å². The van der Waals surface area contributed by atoms with Gasteiger partial charge in [0.2, 0.25) is 0 Å². The molecule has 0 saturated carbocycles. The van der Waals surface area contributed by atoms with Crippen LogP contribution in [0.25, 0.3) is 17.2 Å². The molecule has 0 fully saturated rings.